The van der Waals surface area contributed by atoms with Crippen molar-refractivity contribution >= 4 is 17.7 Å². The maximum atomic E-state index is 11.9. The van der Waals surface area contributed by atoms with Crippen LogP contribution in [0.4, 0.5) is 0 Å². The first-order chi connectivity index (χ1) is 11.3. The second-order valence-electron chi connectivity index (χ2n) is 5.87. The number of carbonyl (C=O) groups is 3. The van der Waals surface area contributed by atoms with E-state index in [2.05, 4.69) is 6.58 Å². The van der Waals surface area contributed by atoms with Gasteiger partial charge in [0.2, 0.25) is 5.91 Å². The minimum Gasteiger partial charge on any atom is -0.389 e. The highest BCUT2D eigenvalue weighted by atomic mass is 16.5. The van der Waals surface area contributed by atoms with Gasteiger partial charge in [-0.05, 0) is 13.8 Å². The van der Waals surface area contributed by atoms with Gasteiger partial charge in [0, 0.05) is 45.3 Å². The Morgan fingerprint density at radius 1 is 1.33 bits per heavy atom. The zero-order chi connectivity index (χ0) is 18.3. The van der Waals surface area contributed by atoms with Crippen LogP contribution in [0.5, 0.6) is 0 Å². The summed E-state index contributed by atoms with van der Waals surface area (Å²) in [7, 11) is 1.65. The van der Waals surface area contributed by atoms with Gasteiger partial charge in [-0.15, -0.1) is 0 Å². The van der Waals surface area contributed by atoms with Crippen molar-refractivity contribution in [2.24, 2.45) is 0 Å². The molecule has 8 nitrogen and oxygen atoms in total. The van der Waals surface area contributed by atoms with Crippen molar-refractivity contribution in [3.8, 4) is 0 Å². The second kappa shape index (κ2) is 9.39. The molecule has 1 aliphatic heterocycles. The summed E-state index contributed by atoms with van der Waals surface area (Å²) >= 11 is 0. The molecule has 1 atom stereocenters. The van der Waals surface area contributed by atoms with E-state index in [0.717, 1.165) is 0 Å². The van der Waals surface area contributed by atoms with Gasteiger partial charge in [-0.25, -0.2) is 0 Å². The van der Waals surface area contributed by atoms with Gasteiger partial charge in [0.1, 0.15) is 0 Å². The fourth-order valence-corrected chi connectivity index (χ4v) is 2.35. The van der Waals surface area contributed by atoms with Gasteiger partial charge < -0.3 is 24.5 Å². The SMILES string of the molecule is C=C(C)C(=O)N(C)CCOCC(O)CN1CCN(CC)C(=O)C1=O. The Morgan fingerprint density at radius 3 is 2.50 bits per heavy atom. The van der Waals surface area contributed by atoms with Gasteiger partial charge in [0.15, 0.2) is 0 Å². The normalized spacial score (nSPS) is 16.3. The van der Waals surface area contributed by atoms with Crippen LogP contribution in [0.15, 0.2) is 12.2 Å². The van der Waals surface area contributed by atoms with Gasteiger partial charge in [0.05, 0.1) is 19.3 Å². The third-order valence-corrected chi connectivity index (χ3v) is 3.80. The number of rotatable bonds is 9. The molecule has 8 heteroatoms. The molecule has 0 spiro atoms. The Hall–Kier alpha value is -1.93. The summed E-state index contributed by atoms with van der Waals surface area (Å²) in [4.78, 5) is 39.6. The first kappa shape index (κ1) is 20.1. The summed E-state index contributed by atoms with van der Waals surface area (Å²) in [6, 6.07) is 0. The zero-order valence-electron chi connectivity index (χ0n) is 14.7. The van der Waals surface area contributed by atoms with E-state index in [1.54, 1.807) is 14.0 Å². The lowest BCUT2D eigenvalue weighted by atomic mass is 10.2. The Kier molecular flexibility index (Phi) is 7.87. The number of carbonyl (C=O) groups excluding carboxylic acids is 3. The van der Waals surface area contributed by atoms with Crippen LogP contribution in [-0.4, -0.2) is 96.6 Å². The van der Waals surface area contributed by atoms with Gasteiger partial charge >= 0.3 is 11.8 Å². The minimum atomic E-state index is -0.878. The third-order valence-electron chi connectivity index (χ3n) is 3.80. The average Bonchev–Trinajstić information content (AvgIpc) is 2.55. The zero-order valence-corrected chi connectivity index (χ0v) is 14.7. The van der Waals surface area contributed by atoms with Crippen LogP contribution in [0, 0.1) is 0 Å². The van der Waals surface area contributed by atoms with E-state index in [1.165, 1.54) is 14.7 Å². The number of hydrogen-bond donors (Lipinski definition) is 1. The number of aliphatic hydroxyl groups is 1. The molecule has 1 unspecified atom stereocenters. The van der Waals surface area contributed by atoms with Crippen LogP contribution in [0.1, 0.15) is 13.8 Å². The molecule has 0 aromatic rings. The van der Waals surface area contributed by atoms with E-state index in [4.69, 9.17) is 4.74 Å². The third kappa shape index (κ3) is 5.61. The van der Waals surface area contributed by atoms with Gasteiger partial charge in [-0.3, -0.25) is 14.4 Å². The van der Waals surface area contributed by atoms with Crippen molar-refractivity contribution in [2.75, 3.05) is 53.0 Å². The molecule has 136 valence electrons. The molecule has 3 amide bonds. The minimum absolute atomic E-state index is 0.0323. The first-order valence-electron chi connectivity index (χ1n) is 8.02. The Balaban J connectivity index is 2.28. The highest BCUT2D eigenvalue weighted by molar-refractivity contribution is 6.35. The molecule has 1 heterocycles. The standard InChI is InChI=1S/C16H27N3O5/c1-5-18-6-7-19(16(23)15(18)22)10-13(20)11-24-9-8-17(4)14(21)12(2)3/h13,20H,2,5-11H2,1,3-4H3. The molecule has 0 aromatic heterocycles. The number of amides is 3. The number of hydrogen-bond acceptors (Lipinski definition) is 5. The van der Waals surface area contributed by atoms with Crippen LogP contribution in [0.25, 0.3) is 0 Å². The topological polar surface area (TPSA) is 90.4 Å². The summed E-state index contributed by atoms with van der Waals surface area (Å²) in [5, 5.41) is 9.95. The van der Waals surface area contributed by atoms with E-state index >= 15 is 0 Å². The molecule has 0 saturated carbocycles. The summed E-state index contributed by atoms with van der Waals surface area (Å²) in [6.07, 6.45) is -0.878. The van der Waals surface area contributed by atoms with E-state index in [0.29, 0.717) is 31.8 Å². The molecule has 1 fully saturated rings. The number of piperazine rings is 1. The van der Waals surface area contributed by atoms with E-state index in [-0.39, 0.29) is 25.7 Å². The predicted molar refractivity (Wildman–Crippen MR) is 88.1 cm³/mol. The number of β-amino-alcohol motifs (C(OH)–C–C–N with tert-alkyl or cyclic N) is 1. The molecule has 1 N–H and O–H groups in total. The van der Waals surface area contributed by atoms with Crippen LogP contribution >= 0.6 is 0 Å². The lowest BCUT2D eigenvalue weighted by Gasteiger charge is -2.34. The van der Waals surface area contributed by atoms with Crippen molar-refractivity contribution in [2.45, 2.75) is 20.0 Å². The van der Waals surface area contributed by atoms with Crippen molar-refractivity contribution < 1.29 is 24.2 Å². The Bertz CT molecular complexity index is 494. The van der Waals surface area contributed by atoms with E-state index < -0.39 is 17.9 Å². The summed E-state index contributed by atoms with van der Waals surface area (Å²) in [5.41, 5.74) is 0.451. The monoisotopic (exact) mass is 341 g/mol. The van der Waals surface area contributed by atoms with Crippen molar-refractivity contribution in [3.05, 3.63) is 12.2 Å². The van der Waals surface area contributed by atoms with Crippen molar-refractivity contribution in [3.63, 3.8) is 0 Å². The lowest BCUT2D eigenvalue weighted by Crippen LogP contribution is -2.56. The number of likely N-dealkylation sites (N-methyl/N-ethyl adjacent to an activating group) is 2. The lowest BCUT2D eigenvalue weighted by molar-refractivity contribution is -0.157. The summed E-state index contributed by atoms with van der Waals surface area (Å²) in [6.45, 7) is 9.16. The maximum Gasteiger partial charge on any atom is 0.312 e. The fraction of sp³-hybridized carbons (Fsp3) is 0.688. The fourth-order valence-electron chi connectivity index (χ4n) is 2.35. The smallest absolute Gasteiger partial charge is 0.312 e. The summed E-state index contributed by atoms with van der Waals surface area (Å²) < 4.78 is 5.34. The van der Waals surface area contributed by atoms with E-state index in [1.807, 2.05) is 6.92 Å². The first-order valence-corrected chi connectivity index (χ1v) is 8.02. The highest BCUT2D eigenvalue weighted by Gasteiger charge is 2.32. The number of aliphatic hydroxyl groups excluding tert-OH is 1. The summed E-state index contributed by atoms with van der Waals surface area (Å²) in [5.74, 6) is -1.28. The molecule has 1 saturated heterocycles. The highest BCUT2D eigenvalue weighted by Crippen LogP contribution is 2.06. The average molecular weight is 341 g/mol. The molecule has 0 bridgehead atoms. The molecular formula is C16H27N3O5. The largest absolute Gasteiger partial charge is 0.389 e. The Morgan fingerprint density at radius 2 is 1.92 bits per heavy atom. The van der Waals surface area contributed by atoms with Crippen molar-refractivity contribution in [1.29, 1.82) is 0 Å². The van der Waals surface area contributed by atoms with E-state index in [9.17, 15) is 19.5 Å². The van der Waals surface area contributed by atoms with Gasteiger partial charge in [0.25, 0.3) is 0 Å². The quantitative estimate of drug-likeness (QED) is 0.333. The molecule has 1 aliphatic rings. The van der Waals surface area contributed by atoms with Gasteiger partial charge in [-0.2, -0.15) is 0 Å². The molecule has 0 aromatic carbocycles. The predicted octanol–water partition coefficient (Wildman–Crippen LogP) is -0.911. The number of nitrogens with zero attached hydrogens (tertiary/aromatic N) is 3. The van der Waals surface area contributed by atoms with Gasteiger partial charge in [-0.1, -0.05) is 6.58 Å². The van der Waals surface area contributed by atoms with Crippen LogP contribution in [0.2, 0.25) is 0 Å². The van der Waals surface area contributed by atoms with Crippen LogP contribution < -0.4 is 0 Å². The maximum absolute atomic E-state index is 11.9. The molecule has 1 rings (SSSR count). The molecular weight excluding hydrogens is 314 g/mol. The van der Waals surface area contributed by atoms with Crippen molar-refractivity contribution in [1.82, 2.24) is 14.7 Å². The number of ether oxygens (including phenoxy) is 1. The molecule has 0 radical (unpaired) electrons. The van der Waals surface area contributed by atoms with Crippen LogP contribution in [-0.2, 0) is 19.1 Å². The Labute approximate surface area is 142 Å². The molecule has 24 heavy (non-hydrogen) atoms. The second-order valence-corrected chi connectivity index (χ2v) is 5.87. The van der Waals surface area contributed by atoms with Crippen LogP contribution in [0.3, 0.4) is 0 Å². The molecule has 0 aliphatic carbocycles.